The van der Waals surface area contributed by atoms with Crippen LogP contribution in [0, 0.1) is 5.92 Å². The zero-order valence-corrected chi connectivity index (χ0v) is 16.0. The number of fused-ring (bicyclic) bond motifs is 1. The van der Waals surface area contributed by atoms with E-state index in [9.17, 15) is 9.59 Å². The first-order valence-electron chi connectivity index (χ1n) is 8.04. The van der Waals surface area contributed by atoms with Gasteiger partial charge in [-0.25, -0.2) is 0 Å². The number of primary amides is 1. The Morgan fingerprint density at radius 2 is 2.00 bits per heavy atom. The molecule has 1 aliphatic carbocycles. The van der Waals surface area contributed by atoms with E-state index in [-0.39, 0.29) is 12.3 Å². The lowest BCUT2D eigenvalue weighted by molar-refractivity contribution is -0.115. The quantitative estimate of drug-likeness (QED) is 0.800. The van der Waals surface area contributed by atoms with Gasteiger partial charge in [0, 0.05) is 14.9 Å². The van der Waals surface area contributed by atoms with Crippen molar-refractivity contribution in [2.45, 2.75) is 32.6 Å². The zero-order chi connectivity index (χ0) is 18.1. The Labute approximate surface area is 160 Å². The number of carbonyl (C=O) groups is 2. The van der Waals surface area contributed by atoms with Crippen LogP contribution in [0.1, 0.15) is 39.7 Å². The van der Waals surface area contributed by atoms with Gasteiger partial charge in [0.15, 0.2) is 0 Å². The maximum Gasteiger partial charge on any atom is 0.251 e. The summed E-state index contributed by atoms with van der Waals surface area (Å²) in [6.45, 7) is 2.18. The van der Waals surface area contributed by atoms with Crippen LogP contribution in [0.5, 0.6) is 0 Å². The monoisotopic (exact) mass is 396 g/mol. The van der Waals surface area contributed by atoms with Crippen LogP contribution in [0.2, 0.25) is 10.0 Å². The van der Waals surface area contributed by atoms with E-state index in [1.165, 1.54) is 11.3 Å². The fourth-order valence-electron chi connectivity index (χ4n) is 3.13. The lowest BCUT2D eigenvalue weighted by Crippen LogP contribution is -2.20. The summed E-state index contributed by atoms with van der Waals surface area (Å²) in [5.74, 6) is -0.209. The molecule has 0 bridgehead atoms. The van der Waals surface area contributed by atoms with Crippen LogP contribution in [0.25, 0.3) is 0 Å². The van der Waals surface area contributed by atoms with E-state index in [4.69, 9.17) is 28.9 Å². The topological polar surface area (TPSA) is 72.2 Å². The van der Waals surface area contributed by atoms with E-state index in [0.717, 1.165) is 29.7 Å². The minimum absolute atomic E-state index is 0.0374. The van der Waals surface area contributed by atoms with Gasteiger partial charge in [0.2, 0.25) is 5.91 Å². The Morgan fingerprint density at radius 3 is 2.64 bits per heavy atom. The second-order valence-corrected chi connectivity index (χ2v) is 8.26. The Hall–Kier alpha value is -1.56. The Morgan fingerprint density at radius 1 is 1.32 bits per heavy atom. The van der Waals surface area contributed by atoms with Crippen molar-refractivity contribution in [1.82, 2.24) is 0 Å². The van der Waals surface area contributed by atoms with Crippen LogP contribution in [-0.2, 0) is 24.1 Å². The van der Waals surface area contributed by atoms with Gasteiger partial charge in [-0.1, -0.05) is 36.2 Å². The number of rotatable bonds is 4. The van der Waals surface area contributed by atoms with Gasteiger partial charge >= 0.3 is 0 Å². The molecular formula is C18H18Cl2N2O2S. The third-order valence-corrected chi connectivity index (χ3v) is 6.29. The third kappa shape index (κ3) is 3.84. The van der Waals surface area contributed by atoms with E-state index in [0.29, 0.717) is 32.1 Å². The van der Waals surface area contributed by atoms with Crippen molar-refractivity contribution in [2.24, 2.45) is 11.7 Å². The van der Waals surface area contributed by atoms with Crippen LogP contribution in [0.4, 0.5) is 5.00 Å². The Kier molecular flexibility index (Phi) is 5.37. The number of halogens is 2. The van der Waals surface area contributed by atoms with Crippen molar-refractivity contribution in [3.63, 3.8) is 0 Å². The van der Waals surface area contributed by atoms with Crippen LogP contribution < -0.4 is 11.1 Å². The van der Waals surface area contributed by atoms with Crippen LogP contribution >= 0.6 is 34.5 Å². The molecule has 1 atom stereocenters. The zero-order valence-electron chi connectivity index (χ0n) is 13.7. The molecule has 0 radical (unpaired) electrons. The Balaban J connectivity index is 1.85. The minimum atomic E-state index is -0.502. The van der Waals surface area contributed by atoms with Crippen molar-refractivity contribution in [3.8, 4) is 0 Å². The SMILES string of the molecule is CC1CCc2c(sc(NC(=O)Cc3c(Cl)cccc3Cl)c2C(N)=O)C1. The molecule has 3 rings (SSSR count). The molecule has 2 amide bonds. The van der Waals surface area contributed by atoms with Crippen LogP contribution in [0.15, 0.2) is 18.2 Å². The molecule has 25 heavy (non-hydrogen) atoms. The molecule has 7 heteroatoms. The molecule has 1 heterocycles. The highest BCUT2D eigenvalue weighted by atomic mass is 35.5. The van der Waals surface area contributed by atoms with Gasteiger partial charge in [-0.15, -0.1) is 11.3 Å². The van der Waals surface area contributed by atoms with Gasteiger partial charge in [0.05, 0.1) is 12.0 Å². The van der Waals surface area contributed by atoms with E-state index in [2.05, 4.69) is 12.2 Å². The van der Waals surface area contributed by atoms with Gasteiger partial charge in [0.25, 0.3) is 5.91 Å². The lowest BCUT2D eigenvalue weighted by atomic mass is 9.88. The van der Waals surface area contributed by atoms with Gasteiger partial charge in [-0.3, -0.25) is 9.59 Å². The average molecular weight is 397 g/mol. The molecule has 4 nitrogen and oxygen atoms in total. The first-order valence-corrected chi connectivity index (χ1v) is 9.61. The molecule has 1 aliphatic rings. The van der Waals surface area contributed by atoms with E-state index in [1.54, 1.807) is 18.2 Å². The van der Waals surface area contributed by atoms with Gasteiger partial charge in [-0.05, 0) is 48.4 Å². The number of anilines is 1. The highest BCUT2D eigenvalue weighted by molar-refractivity contribution is 7.17. The minimum Gasteiger partial charge on any atom is -0.365 e. The normalized spacial score (nSPS) is 16.4. The smallest absolute Gasteiger partial charge is 0.251 e. The molecule has 1 unspecified atom stereocenters. The maximum absolute atomic E-state index is 12.5. The number of thiophene rings is 1. The van der Waals surface area contributed by atoms with Crippen molar-refractivity contribution in [2.75, 3.05) is 5.32 Å². The largest absolute Gasteiger partial charge is 0.365 e. The highest BCUT2D eigenvalue weighted by Gasteiger charge is 2.27. The summed E-state index contributed by atoms with van der Waals surface area (Å²) >= 11 is 13.7. The number of benzene rings is 1. The molecule has 3 N–H and O–H groups in total. The van der Waals surface area contributed by atoms with Crippen molar-refractivity contribution < 1.29 is 9.59 Å². The van der Waals surface area contributed by atoms with E-state index >= 15 is 0 Å². The van der Waals surface area contributed by atoms with Crippen molar-refractivity contribution in [1.29, 1.82) is 0 Å². The number of carbonyl (C=O) groups excluding carboxylic acids is 2. The second kappa shape index (κ2) is 7.36. The number of hydrogen-bond acceptors (Lipinski definition) is 3. The Bertz CT molecular complexity index is 828. The summed E-state index contributed by atoms with van der Waals surface area (Å²) < 4.78 is 0. The van der Waals surface area contributed by atoms with Gasteiger partial charge in [-0.2, -0.15) is 0 Å². The fraction of sp³-hybridized carbons (Fsp3) is 0.333. The average Bonchev–Trinajstić information content (AvgIpc) is 2.88. The summed E-state index contributed by atoms with van der Waals surface area (Å²) in [6, 6.07) is 5.11. The second-order valence-electron chi connectivity index (χ2n) is 6.35. The molecule has 0 fully saturated rings. The van der Waals surface area contributed by atoms with Gasteiger partial charge < -0.3 is 11.1 Å². The summed E-state index contributed by atoms with van der Waals surface area (Å²) in [5.41, 5.74) is 7.57. The lowest BCUT2D eigenvalue weighted by Gasteiger charge is -2.18. The molecule has 0 spiro atoms. The first-order chi connectivity index (χ1) is 11.9. The van der Waals surface area contributed by atoms with Gasteiger partial charge in [0.1, 0.15) is 5.00 Å². The van der Waals surface area contributed by atoms with Crippen molar-refractivity contribution in [3.05, 3.63) is 49.8 Å². The third-order valence-electron chi connectivity index (χ3n) is 4.41. The summed E-state index contributed by atoms with van der Waals surface area (Å²) in [5, 5.41) is 4.24. The molecule has 0 saturated heterocycles. The summed E-state index contributed by atoms with van der Waals surface area (Å²) in [6.07, 6.45) is 2.78. The maximum atomic E-state index is 12.5. The molecule has 0 saturated carbocycles. The van der Waals surface area contributed by atoms with Crippen molar-refractivity contribution >= 4 is 51.4 Å². The number of amides is 2. The summed E-state index contributed by atoms with van der Waals surface area (Å²) in [7, 11) is 0. The molecule has 2 aromatic rings. The highest BCUT2D eigenvalue weighted by Crippen LogP contribution is 2.39. The number of hydrogen-bond donors (Lipinski definition) is 2. The predicted octanol–water partition coefficient (Wildman–Crippen LogP) is 4.46. The molecule has 1 aromatic heterocycles. The number of nitrogens with two attached hydrogens (primary N) is 1. The molecule has 0 aliphatic heterocycles. The standard InChI is InChI=1S/C18H18Cl2N2O2S/c1-9-5-6-10-14(7-9)25-18(16(10)17(21)24)22-15(23)8-11-12(19)3-2-4-13(11)20/h2-4,9H,5-8H2,1H3,(H2,21,24)(H,22,23). The molecule has 1 aromatic carbocycles. The van der Waals surface area contributed by atoms with Crippen LogP contribution in [-0.4, -0.2) is 11.8 Å². The first kappa shape index (κ1) is 18.2. The van der Waals surface area contributed by atoms with E-state index in [1.807, 2.05) is 0 Å². The molecular weight excluding hydrogens is 379 g/mol. The van der Waals surface area contributed by atoms with Crippen LogP contribution in [0.3, 0.4) is 0 Å². The number of nitrogens with one attached hydrogen (secondary N) is 1. The predicted molar refractivity (Wildman–Crippen MR) is 103 cm³/mol. The van der Waals surface area contributed by atoms with E-state index < -0.39 is 5.91 Å². The molecule has 132 valence electrons. The fourth-order valence-corrected chi connectivity index (χ4v) is 5.10. The summed E-state index contributed by atoms with van der Waals surface area (Å²) in [4.78, 5) is 25.5.